The number of halogens is 1. The fourth-order valence-corrected chi connectivity index (χ4v) is 2.11. The summed E-state index contributed by atoms with van der Waals surface area (Å²) in [4.78, 5) is 16.2. The van der Waals surface area contributed by atoms with Gasteiger partial charge in [-0.1, -0.05) is 11.6 Å². The number of hydrogen-bond acceptors (Lipinski definition) is 3. The van der Waals surface area contributed by atoms with E-state index in [0.717, 1.165) is 5.39 Å². The highest BCUT2D eigenvalue weighted by Crippen LogP contribution is 2.20. The van der Waals surface area contributed by atoms with E-state index in [2.05, 4.69) is 20.7 Å². The van der Waals surface area contributed by atoms with E-state index in [1.807, 2.05) is 6.07 Å². The average molecular weight is 302 g/mol. The van der Waals surface area contributed by atoms with Crippen LogP contribution in [0.1, 0.15) is 0 Å². The number of aromatic nitrogens is 3. The lowest BCUT2D eigenvalue weighted by Gasteiger charge is -2.05. The molecule has 3 rings (SSSR count). The molecule has 0 aliphatic rings. The molecule has 0 spiro atoms. The van der Waals surface area contributed by atoms with Crippen LogP contribution in [0.25, 0.3) is 11.0 Å². The third-order valence-corrected chi connectivity index (χ3v) is 3.18. The van der Waals surface area contributed by atoms with Crippen LogP contribution in [-0.4, -0.2) is 20.8 Å². The van der Waals surface area contributed by atoms with Crippen molar-refractivity contribution in [2.45, 2.75) is 0 Å². The van der Waals surface area contributed by atoms with E-state index in [1.54, 1.807) is 48.3 Å². The number of rotatable bonds is 2. The maximum atomic E-state index is 12.0. The van der Waals surface area contributed by atoms with Crippen LogP contribution in [0.2, 0.25) is 5.02 Å². The molecule has 2 amide bonds. The first-order chi connectivity index (χ1) is 10.1. The number of hydrogen-bond donors (Lipinski definition) is 2. The number of benzene rings is 1. The van der Waals surface area contributed by atoms with Gasteiger partial charge in [0.15, 0.2) is 11.5 Å². The van der Waals surface area contributed by atoms with E-state index in [9.17, 15) is 4.79 Å². The van der Waals surface area contributed by atoms with Crippen molar-refractivity contribution in [3.8, 4) is 0 Å². The van der Waals surface area contributed by atoms with Crippen molar-refractivity contribution in [2.24, 2.45) is 7.05 Å². The minimum atomic E-state index is -0.374. The van der Waals surface area contributed by atoms with Gasteiger partial charge in [-0.15, -0.1) is 0 Å². The number of carbonyl (C=O) groups excluding carboxylic acids is 1. The number of nitrogens with one attached hydrogen (secondary N) is 2. The molecule has 21 heavy (non-hydrogen) atoms. The van der Waals surface area contributed by atoms with Crippen molar-refractivity contribution in [2.75, 3.05) is 10.6 Å². The Morgan fingerprint density at radius 3 is 2.71 bits per heavy atom. The Labute approximate surface area is 125 Å². The fraction of sp³-hybridized carbons (Fsp3) is 0.0714. The van der Waals surface area contributed by atoms with Crippen LogP contribution in [0, 0.1) is 0 Å². The molecule has 0 aliphatic heterocycles. The van der Waals surface area contributed by atoms with Crippen LogP contribution in [0.15, 0.2) is 42.6 Å². The molecular formula is C14H12ClN5O. The maximum Gasteiger partial charge on any atom is 0.324 e. The second-order valence-corrected chi connectivity index (χ2v) is 4.87. The molecule has 0 saturated heterocycles. The number of amides is 2. The largest absolute Gasteiger partial charge is 0.324 e. The number of anilines is 2. The van der Waals surface area contributed by atoms with E-state index >= 15 is 0 Å². The molecule has 106 valence electrons. The zero-order valence-corrected chi connectivity index (χ0v) is 11.9. The van der Waals surface area contributed by atoms with E-state index < -0.39 is 0 Å². The Hall–Kier alpha value is -2.60. The molecule has 0 atom stereocenters. The molecular weight excluding hydrogens is 290 g/mol. The summed E-state index contributed by atoms with van der Waals surface area (Å²) in [5, 5.41) is 11.1. The van der Waals surface area contributed by atoms with Gasteiger partial charge in [0.1, 0.15) is 0 Å². The van der Waals surface area contributed by atoms with Crippen LogP contribution in [-0.2, 0) is 7.05 Å². The molecule has 0 saturated carbocycles. The Kier molecular flexibility index (Phi) is 3.45. The van der Waals surface area contributed by atoms with Crippen molar-refractivity contribution in [1.29, 1.82) is 0 Å². The standard InChI is InChI=1S/C14H12ClN5O/c1-20-13-11(3-2-8-16-13)12(19-20)18-14(21)17-10-6-4-9(15)5-7-10/h2-8H,1H3,(H2,17,18,19,21). The van der Waals surface area contributed by atoms with Crippen molar-refractivity contribution in [1.82, 2.24) is 14.8 Å². The molecule has 0 fully saturated rings. The maximum absolute atomic E-state index is 12.0. The first kappa shape index (κ1) is 13.4. The molecule has 2 N–H and O–H groups in total. The zero-order valence-electron chi connectivity index (χ0n) is 11.2. The van der Waals surface area contributed by atoms with Crippen molar-refractivity contribution < 1.29 is 4.79 Å². The van der Waals surface area contributed by atoms with Crippen LogP contribution >= 0.6 is 11.6 Å². The normalized spacial score (nSPS) is 10.6. The second-order valence-electron chi connectivity index (χ2n) is 4.43. The highest BCUT2D eigenvalue weighted by Gasteiger charge is 2.11. The minimum absolute atomic E-state index is 0.374. The topological polar surface area (TPSA) is 71.8 Å². The molecule has 2 aromatic heterocycles. The van der Waals surface area contributed by atoms with Gasteiger partial charge in [-0.2, -0.15) is 5.10 Å². The summed E-state index contributed by atoms with van der Waals surface area (Å²) in [6.07, 6.45) is 1.68. The predicted octanol–water partition coefficient (Wildman–Crippen LogP) is 3.27. The Morgan fingerprint density at radius 2 is 1.95 bits per heavy atom. The third kappa shape index (κ3) is 2.80. The van der Waals surface area contributed by atoms with Gasteiger partial charge in [-0.3, -0.25) is 5.32 Å². The lowest BCUT2D eigenvalue weighted by molar-refractivity contribution is 0.262. The van der Waals surface area contributed by atoms with Gasteiger partial charge in [0.25, 0.3) is 0 Å². The van der Waals surface area contributed by atoms with Crippen LogP contribution in [0.3, 0.4) is 0 Å². The first-order valence-corrected chi connectivity index (χ1v) is 6.62. The van der Waals surface area contributed by atoms with Gasteiger partial charge in [0, 0.05) is 24.0 Å². The lowest BCUT2D eigenvalue weighted by Crippen LogP contribution is -2.19. The number of fused-ring (bicyclic) bond motifs is 1. The zero-order chi connectivity index (χ0) is 14.8. The van der Waals surface area contributed by atoms with E-state index in [4.69, 9.17) is 11.6 Å². The van der Waals surface area contributed by atoms with Crippen molar-refractivity contribution >= 4 is 40.2 Å². The monoisotopic (exact) mass is 301 g/mol. The summed E-state index contributed by atoms with van der Waals surface area (Å²) in [6.45, 7) is 0. The predicted molar refractivity (Wildman–Crippen MR) is 82.6 cm³/mol. The van der Waals surface area contributed by atoms with Gasteiger partial charge in [-0.05, 0) is 36.4 Å². The molecule has 1 aromatic carbocycles. The van der Waals surface area contributed by atoms with Gasteiger partial charge < -0.3 is 5.32 Å². The summed E-state index contributed by atoms with van der Waals surface area (Å²) in [7, 11) is 1.78. The average Bonchev–Trinajstić information content (AvgIpc) is 2.78. The SMILES string of the molecule is Cn1nc(NC(=O)Nc2ccc(Cl)cc2)c2cccnc21. The molecule has 7 heteroatoms. The molecule has 6 nitrogen and oxygen atoms in total. The number of nitrogens with zero attached hydrogens (tertiary/aromatic N) is 3. The molecule has 2 heterocycles. The van der Waals surface area contributed by atoms with Gasteiger partial charge in [0.05, 0.1) is 5.39 Å². The Balaban J connectivity index is 1.79. The summed E-state index contributed by atoms with van der Waals surface area (Å²) in [5.41, 5.74) is 1.36. The quantitative estimate of drug-likeness (QED) is 0.763. The second kappa shape index (κ2) is 5.41. The Bertz CT molecular complexity index is 797. The number of carbonyl (C=O) groups is 1. The van der Waals surface area contributed by atoms with Crippen LogP contribution in [0.4, 0.5) is 16.3 Å². The highest BCUT2D eigenvalue weighted by molar-refractivity contribution is 6.30. The van der Waals surface area contributed by atoms with Gasteiger partial charge in [0.2, 0.25) is 0 Å². The molecule has 0 bridgehead atoms. The van der Waals surface area contributed by atoms with Crippen molar-refractivity contribution in [3.63, 3.8) is 0 Å². The number of pyridine rings is 1. The minimum Gasteiger partial charge on any atom is -0.308 e. The molecule has 0 radical (unpaired) electrons. The highest BCUT2D eigenvalue weighted by atomic mass is 35.5. The molecule has 0 unspecified atom stereocenters. The van der Waals surface area contributed by atoms with Crippen LogP contribution < -0.4 is 10.6 Å². The van der Waals surface area contributed by atoms with E-state index in [-0.39, 0.29) is 6.03 Å². The summed E-state index contributed by atoms with van der Waals surface area (Å²) < 4.78 is 1.62. The van der Waals surface area contributed by atoms with Gasteiger partial charge >= 0.3 is 6.03 Å². The number of urea groups is 1. The molecule has 3 aromatic rings. The first-order valence-electron chi connectivity index (χ1n) is 6.25. The fourth-order valence-electron chi connectivity index (χ4n) is 1.99. The summed E-state index contributed by atoms with van der Waals surface area (Å²) in [5.74, 6) is 0.465. The number of aryl methyl sites for hydroxylation is 1. The molecule has 0 aliphatic carbocycles. The van der Waals surface area contributed by atoms with Crippen molar-refractivity contribution in [3.05, 3.63) is 47.6 Å². The van der Waals surface area contributed by atoms with Gasteiger partial charge in [-0.25, -0.2) is 14.5 Å². The van der Waals surface area contributed by atoms with Crippen LogP contribution in [0.5, 0.6) is 0 Å². The summed E-state index contributed by atoms with van der Waals surface area (Å²) >= 11 is 5.80. The third-order valence-electron chi connectivity index (χ3n) is 2.93. The van der Waals surface area contributed by atoms with E-state index in [0.29, 0.717) is 22.2 Å². The van der Waals surface area contributed by atoms with E-state index in [1.165, 1.54) is 0 Å². The Morgan fingerprint density at radius 1 is 1.19 bits per heavy atom. The summed E-state index contributed by atoms with van der Waals surface area (Å²) in [6, 6.07) is 10.1. The lowest BCUT2D eigenvalue weighted by atomic mass is 10.3. The smallest absolute Gasteiger partial charge is 0.308 e.